The molecule has 6 aromatic carbocycles. The Bertz CT molecular complexity index is 4350. The van der Waals surface area contributed by atoms with E-state index in [1.807, 2.05) is 120 Å². The molecule has 0 aliphatic carbocycles. The van der Waals surface area contributed by atoms with Gasteiger partial charge in [-0.2, -0.15) is 9.97 Å². The van der Waals surface area contributed by atoms with Gasteiger partial charge in [0.15, 0.2) is 44.4 Å². The van der Waals surface area contributed by atoms with Crippen LogP contribution >= 0.6 is 0 Å². The first-order valence-corrected chi connectivity index (χ1v) is 26.9. The number of aliphatic hydroxyl groups excluding tert-OH is 2. The number of aromatic hydroxyl groups is 1. The molecule has 0 saturated carbocycles. The Balaban J connectivity index is 0.000000178. The van der Waals surface area contributed by atoms with Gasteiger partial charge < -0.3 is 24.5 Å². The normalized spacial score (nSPS) is 11.5. The first kappa shape index (κ1) is 53.8. The van der Waals surface area contributed by atoms with Crippen molar-refractivity contribution >= 4 is 32.2 Å². The van der Waals surface area contributed by atoms with Gasteiger partial charge in [-0.05, 0) is 95.8 Å². The quantitative estimate of drug-likeness (QED) is 0.0994. The second-order valence-corrected chi connectivity index (χ2v) is 21.3. The summed E-state index contributed by atoms with van der Waals surface area (Å²) in [4.78, 5) is 63.8. The summed E-state index contributed by atoms with van der Waals surface area (Å²) >= 11 is 0. The fourth-order valence-electron chi connectivity index (χ4n) is 9.05. The molecule has 2 aromatic heterocycles. The van der Waals surface area contributed by atoms with Gasteiger partial charge in [0, 0.05) is 17.4 Å². The Kier molecular flexibility index (Phi) is 15.0. The molecule has 0 atom stereocenters. The number of fused-ring (bicyclic) bond motifs is 6. The van der Waals surface area contributed by atoms with Gasteiger partial charge in [-0.15, -0.1) is 0 Å². The lowest BCUT2D eigenvalue weighted by molar-refractivity contribution is 0.281. The first-order valence-electron chi connectivity index (χ1n) is 25.0. The summed E-state index contributed by atoms with van der Waals surface area (Å²) < 4.78 is 30.9. The number of sulfone groups is 1. The van der Waals surface area contributed by atoms with Gasteiger partial charge in [0.2, 0.25) is 0 Å². The van der Waals surface area contributed by atoms with E-state index >= 15 is 0 Å². The number of rotatable bonds is 13. The van der Waals surface area contributed by atoms with Crippen molar-refractivity contribution in [2.24, 2.45) is 0 Å². The number of aliphatic hydroxyl groups is 2. The molecule has 402 valence electrons. The molecule has 0 saturated heterocycles. The van der Waals surface area contributed by atoms with Gasteiger partial charge >= 0.3 is 11.4 Å². The molecule has 0 fully saturated rings. The largest absolute Gasteiger partial charge is 0.508 e. The van der Waals surface area contributed by atoms with Crippen molar-refractivity contribution in [1.29, 1.82) is 0 Å². The van der Waals surface area contributed by atoms with Crippen molar-refractivity contribution in [2.75, 3.05) is 6.26 Å². The number of hydrogen-bond donors (Lipinski definition) is 3. The summed E-state index contributed by atoms with van der Waals surface area (Å²) in [5.41, 5.74) is 10.7. The van der Waals surface area contributed by atoms with Gasteiger partial charge in [0.25, 0.3) is 0 Å². The minimum Gasteiger partial charge on any atom is -0.508 e. The molecule has 12 rings (SSSR count). The molecule has 0 spiro atoms. The highest BCUT2D eigenvalue weighted by molar-refractivity contribution is 7.90. The summed E-state index contributed by atoms with van der Waals surface area (Å²) in [5, 5.41) is 28.6. The Hall–Kier alpha value is -9.63. The van der Waals surface area contributed by atoms with Crippen molar-refractivity contribution in [3.8, 4) is 51.6 Å². The SMILES string of the molecule is C.Cc1ccc(Cn2c3nc(-c4ccc(O)cc4)nc4c(ncn4Cc4ccc(CO)cc4)c-3nc2=O)cc1.Cc1ccc(Cn2c3nc(-c4ccc(S(C)(=O)=O)cc4)nc4c(ncn4Cc4ccc(CO)cc4)c-3nc2=O)cc1. The smallest absolute Gasteiger partial charge is 0.350 e. The van der Waals surface area contributed by atoms with Crippen molar-refractivity contribution in [3.05, 3.63) is 224 Å². The zero-order valence-electron chi connectivity index (χ0n) is 43.0. The summed E-state index contributed by atoms with van der Waals surface area (Å²) in [6, 6.07) is 44.0. The first-order chi connectivity index (χ1) is 38.2. The zero-order valence-corrected chi connectivity index (χ0v) is 43.8. The second-order valence-electron chi connectivity index (χ2n) is 19.3. The summed E-state index contributed by atoms with van der Waals surface area (Å²) in [6.45, 7) is 5.43. The molecule has 0 unspecified atom stereocenters. The number of phenolic OH excluding ortho intramolecular Hbond substituents is 1. The van der Waals surface area contributed by atoms with Crippen molar-refractivity contribution < 1.29 is 23.7 Å². The molecule has 3 N–H and O–H groups in total. The average Bonchev–Trinajstić information content (AvgIpc) is 4.24. The van der Waals surface area contributed by atoms with Crippen LogP contribution < -0.4 is 11.4 Å². The van der Waals surface area contributed by atoms with E-state index in [0.717, 1.165) is 50.8 Å². The van der Waals surface area contributed by atoms with E-state index in [0.29, 0.717) is 87.8 Å². The summed E-state index contributed by atoms with van der Waals surface area (Å²) in [6.07, 6.45) is 4.48. The predicted molar refractivity (Wildman–Crippen MR) is 304 cm³/mol. The number of aromatic nitrogens is 12. The standard InChI is InChI=1S/C30H26N6O4S.C29H24N6O3.CH4/c1-19-3-5-21(6-4-19)16-36-29-26(32-30(36)38)25-28(35(18-31-25)15-20-7-9-22(17-37)10-8-20)33-27(34-29)23-11-13-24(14-12-23)41(2,39)40;1-18-2-4-20(5-3-18)15-35-28-25(31-29(35)38)24-27(32-26(33-28)22-10-12-23(37)13-11-22)34(17-30-24)14-19-6-8-21(16-36)9-7-19;/h3-14,18,37H,15-17H2,1-2H3;2-13,17,36-37H,14-16H2,1H3;1H4. The third-order valence-corrected chi connectivity index (χ3v) is 14.6. The number of aryl methyl sites for hydroxylation is 2. The van der Waals surface area contributed by atoms with E-state index < -0.39 is 21.2 Å². The Morgan fingerprint density at radius 3 is 1.18 bits per heavy atom. The lowest BCUT2D eigenvalue weighted by Gasteiger charge is -2.06. The van der Waals surface area contributed by atoms with Crippen LogP contribution in [-0.2, 0) is 49.2 Å². The highest BCUT2D eigenvalue weighted by atomic mass is 32.2. The summed E-state index contributed by atoms with van der Waals surface area (Å²) in [5.74, 6) is 1.53. The van der Waals surface area contributed by atoms with Crippen LogP contribution in [0, 0.1) is 13.8 Å². The van der Waals surface area contributed by atoms with Crippen LogP contribution in [0.4, 0.5) is 0 Å². The van der Waals surface area contributed by atoms with Crippen LogP contribution in [0.25, 0.3) is 68.1 Å². The highest BCUT2D eigenvalue weighted by Gasteiger charge is 2.26. The van der Waals surface area contributed by atoms with Gasteiger partial charge in [-0.1, -0.05) is 116 Å². The predicted octanol–water partition coefficient (Wildman–Crippen LogP) is 7.85. The van der Waals surface area contributed by atoms with Crippen LogP contribution in [0.3, 0.4) is 0 Å². The monoisotopic (exact) mass is 1090 g/mol. The molecular formula is C60H54N12O7S. The van der Waals surface area contributed by atoms with Gasteiger partial charge in [-0.25, -0.2) is 47.9 Å². The van der Waals surface area contributed by atoms with E-state index in [1.54, 1.807) is 49.1 Å². The van der Waals surface area contributed by atoms with Crippen molar-refractivity contribution in [1.82, 2.24) is 58.1 Å². The van der Waals surface area contributed by atoms with Crippen LogP contribution in [0.1, 0.15) is 51.9 Å². The summed E-state index contributed by atoms with van der Waals surface area (Å²) in [7, 11) is -3.39. The minimum absolute atomic E-state index is 0. The molecule has 0 amide bonds. The lowest BCUT2D eigenvalue weighted by Crippen LogP contribution is -2.18. The number of phenols is 1. The molecule has 0 radical (unpaired) electrons. The third kappa shape index (κ3) is 11.2. The van der Waals surface area contributed by atoms with E-state index in [1.165, 1.54) is 21.3 Å². The number of imidazole rings is 4. The number of benzene rings is 6. The third-order valence-electron chi connectivity index (χ3n) is 13.4. The van der Waals surface area contributed by atoms with Crippen LogP contribution in [0.5, 0.6) is 5.75 Å². The maximum absolute atomic E-state index is 13.2. The Labute approximate surface area is 459 Å². The minimum atomic E-state index is -3.39. The maximum atomic E-state index is 13.2. The fraction of sp³-hybridized carbons (Fsp3) is 0.167. The molecule has 4 aliphatic heterocycles. The zero-order chi connectivity index (χ0) is 55.0. The van der Waals surface area contributed by atoms with Gasteiger partial charge in [0.1, 0.15) is 28.2 Å². The second kappa shape index (κ2) is 22.4. The lowest BCUT2D eigenvalue weighted by atomic mass is 10.1. The molecular weight excluding hydrogens is 1030 g/mol. The van der Waals surface area contributed by atoms with Crippen LogP contribution in [0.2, 0.25) is 0 Å². The maximum Gasteiger partial charge on any atom is 0.350 e. The molecule has 19 nitrogen and oxygen atoms in total. The topological polar surface area (TPSA) is 252 Å². The average molecular weight is 1090 g/mol. The molecule has 20 heteroatoms. The molecule has 0 bridgehead atoms. The number of nitrogens with zero attached hydrogens (tertiary/aromatic N) is 12. The van der Waals surface area contributed by atoms with E-state index in [9.17, 15) is 33.3 Å². The van der Waals surface area contributed by atoms with Crippen LogP contribution in [0.15, 0.2) is 173 Å². The Morgan fingerprint density at radius 1 is 0.450 bits per heavy atom. The fourth-order valence-corrected chi connectivity index (χ4v) is 9.68. The van der Waals surface area contributed by atoms with Crippen molar-refractivity contribution in [2.45, 2.75) is 65.6 Å². The van der Waals surface area contributed by atoms with Crippen LogP contribution in [-0.4, -0.2) is 88.1 Å². The molecule has 8 aromatic rings. The van der Waals surface area contributed by atoms with E-state index in [2.05, 4.69) is 19.9 Å². The van der Waals surface area contributed by atoms with E-state index in [-0.39, 0.29) is 37.8 Å². The van der Waals surface area contributed by atoms with E-state index in [4.69, 9.17) is 19.9 Å². The molecule has 4 aliphatic rings. The van der Waals surface area contributed by atoms with Gasteiger partial charge in [0.05, 0.1) is 56.9 Å². The Morgan fingerprint density at radius 2 is 0.800 bits per heavy atom. The number of hydrogen-bond acceptors (Lipinski definition) is 15. The highest BCUT2D eigenvalue weighted by Crippen LogP contribution is 2.31. The van der Waals surface area contributed by atoms with Gasteiger partial charge in [-0.3, -0.25) is 9.13 Å². The van der Waals surface area contributed by atoms with Crippen molar-refractivity contribution in [3.63, 3.8) is 0 Å². The molecule has 6 heterocycles. The molecule has 80 heavy (non-hydrogen) atoms.